The predicted molar refractivity (Wildman–Crippen MR) is 180 cm³/mol. The Morgan fingerprint density at radius 3 is 2.11 bits per heavy atom. The van der Waals surface area contributed by atoms with Gasteiger partial charge in [0.1, 0.15) is 6.33 Å². The molecule has 232 valence electrons. The molecule has 6 rings (SSSR count). The van der Waals surface area contributed by atoms with Gasteiger partial charge in [-0.2, -0.15) is 13.2 Å². The summed E-state index contributed by atoms with van der Waals surface area (Å²) in [6.07, 6.45) is -0.835. The Bertz CT molecular complexity index is 1950. The molecule has 0 unspecified atom stereocenters. The standard InChI is InChI=1S/C38H43F3N2S/c1-21-25(19-37(9,10)38(39,40)41)27-31-33(44-32(27)29-28(21)35(5,6)15-16-36(29,7)8)30(42-20-43-31)23-17-22-13-11-12-14-24(22)26(18-23)34(2,3)4/h11-14,17-18,20H,15-16,19H2,1-10H3. The van der Waals surface area contributed by atoms with Crippen LogP contribution in [-0.2, 0) is 22.7 Å². The molecule has 2 heterocycles. The van der Waals surface area contributed by atoms with Crippen molar-refractivity contribution in [2.75, 3.05) is 0 Å². The smallest absolute Gasteiger partial charge is 0.235 e. The molecule has 0 aliphatic heterocycles. The van der Waals surface area contributed by atoms with Crippen molar-refractivity contribution in [3.63, 3.8) is 0 Å². The van der Waals surface area contributed by atoms with Crippen LogP contribution in [0.15, 0.2) is 42.7 Å². The Balaban J connectivity index is 1.76. The third-order valence-electron chi connectivity index (χ3n) is 10.1. The third-order valence-corrected chi connectivity index (χ3v) is 11.3. The highest BCUT2D eigenvalue weighted by atomic mass is 32.1. The zero-order chi connectivity index (χ0) is 32.2. The van der Waals surface area contributed by atoms with Crippen LogP contribution in [0.4, 0.5) is 13.2 Å². The molecular weight excluding hydrogens is 573 g/mol. The lowest BCUT2D eigenvalue weighted by Gasteiger charge is -2.44. The van der Waals surface area contributed by atoms with E-state index in [1.165, 1.54) is 35.9 Å². The molecule has 0 bridgehead atoms. The van der Waals surface area contributed by atoms with Crippen LogP contribution in [0.1, 0.15) is 103 Å². The van der Waals surface area contributed by atoms with Crippen LogP contribution in [0.5, 0.6) is 0 Å². The molecule has 0 radical (unpaired) electrons. The number of alkyl halides is 3. The monoisotopic (exact) mass is 616 g/mol. The van der Waals surface area contributed by atoms with Crippen molar-refractivity contribution in [3.05, 3.63) is 70.5 Å². The summed E-state index contributed by atoms with van der Waals surface area (Å²) in [6.45, 7) is 20.4. The molecule has 2 aromatic heterocycles. The first-order valence-electron chi connectivity index (χ1n) is 15.6. The van der Waals surface area contributed by atoms with Crippen LogP contribution >= 0.6 is 11.3 Å². The number of aromatic nitrogens is 2. The largest absolute Gasteiger partial charge is 0.394 e. The normalized spacial score (nSPS) is 17.0. The molecule has 1 aliphatic rings. The maximum atomic E-state index is 14.4. The van der Waals surface area contributed by atoms with E-state index in [-0.39, 0.29) is 22.7 Å². The van der Waals surface area contributed by atoms with E-state index in [9.17, 15) is 13.2 Å². The number of hydrogen-bond acceptors (Lipinski definition) is 3. The summed E-state index contributed by atoms with van der Waals surface area (Å²) >= 11 is 1.67. The van der Waals surface area contributed by atoms with E-state index in [1.807, 2.05) is 6.92 Å². The van der Waals surface area contributed by atoms with Gasteiger partial charge in [0.05, 0.1) is 21.3 Å². The van der Waals surface area contributed by atoms with Gasteiger partial charge in [-0.1, -0.05) is 86.6 Å². The fourth-order valence-corrected chi connectivity index (χ4v) is 8.93. The van der Waals surface area contributed by atoms with Crippen molar-refractivity contribution >= 4 is 42.4 Å². The summed E-state index contributed by atoms with van der Waals surface area (Å²) in [7, 11) is 0. The van der Waals surface area contributed by atoms with Gasteiger partial charge in [0, 0.05) is 15.6 Å². The summed E-state index contributed by atoms with van der Waals surface area (Å²) in [5.74, 6) is 0. The second-order valence-corrected chi connectivity index (χ2v) is 16.9. The van der Waals surface area contributed by atoms with Crippen molar-refractivity contribution in [2.24, 2.45) is 5.41 Å². The van der Waals surface area contributed by atoms with Crippen molar-refractivity contribution in [1.82, 2.24) is 9.97 Å². The minimum absolute atomic E-state index is 0.0932. The number of benzene rings is 3. The second-order valence-electron chi connectivity index (χ2n) is 15.9. The summed E-state index contributed by atoms with van der Waals surface area (Å²) in [5.41, 5.74) is 5.85. The predicted octanol–water partition coefficient (Wildman–Crippen LogP) is 11.8. The molecule has 2 nitrogen and oxygen atoms in total. The minimum atomic E-state index is -4.34. The molecule has 3 aromatic carbocycles. The van der Waals surface area contributed by atoms with Crippen molar-refractivity contribution in [3.8, 4) is 11.3 Å². The first kappa shape index (κ1) is 31.0. The molecule has 6 heteroatoms. The minimum Gasteiger partial charge on any atom is -0.235 e. The van der Waals surface area contributed by atoms with E-state index < -0.39 is 11.6 Å². The van der Waals surface area contributed by atoms with E-state index >= 15 is 0 Å². The molecule has 0 saturated heterocycles. The van der Waals surface area contributed by atoms with E-state index in [0.717, 1.165) is 60.9 Å². The second kappa shape index (κ2) is 9.75. The molecule has 44 heavy (non-hydrogen) atoms. The highest BCUT2D eigenvalue weighted by Gasteiger charge is 2.49. The molecule has 5 aromatic rings. The third kappa shape index (κ3) is 4.74. The molecular formula is C38H43F3N2S. The number of hydrogen-bond donors (Lipinski definition) is 0. The number of thiophene rings is 1. The Labute approximate surface area is 263 Å². The molecule has 0 N–H and O–H groups in total. The van der Waals surface area contributed by atoms with Crippen LogP contribution in [0.2, 0.25) is 0 Å². The zero-order valence-corrected chi connectivity index (χ0v) is 28.4. The summed E-state index contributed by atoms with van der Waals surface area (Å²) in [4.78, 5) is 9.70. The highest BCUT2D eigenvalue weighted by molar-refractivity contribution is 7.26. The van der Waals surface area contributed by atoms with Crippen LogP contribution < -0.4 is 0 Å². The van der Waals surface area contributed by atoms with Gasteiger partial charge in [-0.15, -0.1) is 11.3 Å². The average Bonchev–Trinajstić information content (AvgIpc) is 3.30. The Morgan fingerprint density at radius 2 is 1.48 bits per heavy atom. The van der Waals surface area contributed by atoms with Crippen LogP contribution in [0, 0.1) is 12.3 Å². The van der Waals surface area contributed by atoms with Gasteiger partial charge in [-0.05, 0) is 93.2 Å². The quantitative estimate of drug-likeness (QED) is 0.202. The lowest BCUT2D eigenvalue weighted by Crippen LogP contribution is -2.37. The maximum Gasteiger partial charge on any atom is 0.394 e. The van der Waals surface area contributed by atoms with E-state index in [2.05, 4.69) is 84.9 Å². The SMILES string of the molecule is Cc1c2c(c3sc4c(-c5cc(C(C)(C)C)c6ccccc6c5)ncnc4c3c1CC(C)(C)C(F)(F)F)C(C)(C)CCC2(C)C. The molecule has 0 amide bonds. The first-order valence-corrected chi connectivity index (χ1v) is 16.4. The first-order chi connectivity index (χ1) is 20.2. The topological polar surface area (TPSA) is 25.8 Å². The number of fused-ring (bicyclic) bond motifs is 6. The van der Waals surface area contributed by atoms with Crippen molar-refractivity contribution in [1.29, 1.82) is 0 Å². The maximum absolute atomic E-state index is 14.4. The summed E-state index contributed by atoms with van der Waals surface area (Å²) in [6, 6.07) is 12.9. The van der Waals surface area contributed by atoms with Gasteiger partial charge in [0.2, 0.25) is 0 Å². The number of nitrogens with zero attached hydrogens (tertiary/aromatic N) is 2. The number of halogens is 3. The summed E-state index contributed by atoms with van der Waals surface area (Å²) < 4.78 is 45.3. The lowest BCUT2D eigenvalue weighted by atomic mass is 9.61. The van der Waals surface area contributed by atoms with Gasteiger partial charge in [0.15, 0.2) is 0 Å². The van der Waals surface area contributed by atoms with Crippen LogP contribution in [0.25, 0.3) is 42.3 Å². The highest BCUT2D eigenvalue weighted by Crippen LogP contribution is 2.55. The van der Waals surface area contributed by atoms with Gasteiger partial charge in [-0.25, -0.2) is 9.97 Å². The van der Waals surface area contributed by atoms with E-state index in [4.69, 9.17) is 9.97 Å². The van der Waals surface area contributed by atoms with Gasteiger partial charge in [0.25, 0.3) is 0 Å². The van der Waals surface area contributed by atoms with Crippen molar-refractivity contribution in [2.45, 2.75) is 111 Å². The van der Waals surface area contributed by atoms with E-state index in [0.29, 0.717) is 0 Å². The molecule has 0 fully saturated rings. The summed E-state index contributed by atoms with van der Waals surface area (Å²) in [5, 5.41) is 3.24. The van der Waals surface area contributed by atoms with E-state index in [1.54, 1.807) is 17.7 Å². The molecule has 1 aliphatic carbocycles. The molecule has 0 spiro atoms. The lowest BCUT2D eigenvalue weighted by molar-refractivity contribution is -0.210. The van der Waals surface area contributed by atoms with Gasteiger partial charge < -0.3 is 0 Å². The fraction of sp³-hybridized carbons (Fsp3) is 0.474. The average molecular weight is 617 g/mol. The van der Waals surface area contributed by atoms with Crippen molar-refractivity contribution < 1.29 is 13.2 Å². The number of rotatable bonds is 3. The Hall–Kier alpha value is -2.99. The Morgan fingerprint density at radius 1 is 0.841 bits per heavy atom. The van der Waals surface area contributed by atoms with Gasteiger partial charge in [-0.3, -0.25) is 0 Å². The molecule has 0 atom stereocenters. The van der Waals surface area contributed by atoms with Crippen LogP contribution in [-0.4, -0.2) is 16.1 Å². The van der Waals surface area contributed by atoms with Gasteiger partial charge >= 0.3 is 6.18 Å². The van der Waals surface area contributed by atoms with Crippen LogP contribution in [0.3, 0.4) is 0 Å². The molecule has 0 saturated carbocycles. The zero-order valence-electron chi connectivity index (χ0n) is 27.6. The fourth-order valence-electron chi connectivity index (χ4n) is 7.41. The Kier molecular flexibility index (Phi) is 6.87.